The molecule has 2 unspecified atom stereocenters. The minimum absolute atomic E-state index is 0.00867. The smallest absolute Gasteiger partial charge is 0.378 e. The fraction of sp³-hybridized carbons (Fsp3) is 0.375. The SMILES string of the molecule is [B]OC(=O)C1=C(C[N+]23CCC[C@H]2CN(C(=O)c2cc(Cl)c(OCc4ccc(OC)cc4)c(OCc4ccc(OC)cc4)c2)CC3)CS(=O)[C@@H]2[C@H](NC(=O)/C(=N\O[C@@H](C[B]OC=O)C(=O)O[B])c3csc(C)n3)C(=O)N12. The number of aryl methyl sites for hydroxylation is 1. The van der Waals surface area contributed by atoms with E-state index >= 15 is 0 Å². The molecule has 21 nitrogen and oxygen atoms in total. The zero-order valence-corrected chi connectivity index (χ0v) is 43.2. The summed E-state index contributed by atoms with van der Waals surface area (Å²) in [7, 11) is 12.7. The van der Waals surface area contributed by atoms with Crippen LogP contribution < -0.4 is 24.3 Å². The van der Waals surface area contributed by atoms with E-state index in [1.165, 1.54) is 5.38 Å². The Morgan fingerprint density at radius 2 is 1.71 bits per heavy atom. The average molecular weight is 1080 g/mol. The van der Waals surface area contributed by atoms with Gasteiger partial charge in [-0.1, -0.05) is 41.0 Å². The van der Waals surface area contributed by atoms with Gasteiger partial charge in [0.15, 0.2) is 17.2 Å². The van der Waals surface area contributed by atoms with Gasteiger partial charge in [-0.25, -0.2) is 14.6 Å². The van der Waals surface area contributed by atoms with Crippen molar-refractivity contribution in [3.05, 3.63) is 110 Å². The molecule has 0 aliphatic carbocycles. The van der Waals surface area contributed by atoms with Crippen LogP contribution in [0, 0.1) is 6.92 Å². The number of ether oxygens (including phenoxy) is 4. The number of hydrogen-bond acceptors (Lipinski definition) is 18. The van der Waals surface area contributed by atoms with Crippen molar-refractivity contribution in [2.75, 3.05) is 52.7 Å². The van der Waals surface area contributed by atoms with Gasteiger partial charge in [-0.15, -0.1) is 11.3 Å². The Morgan fingerprint density at radius 3 is 2.33 bits per heavy atom. The minimum Gasteiger partial charge on any atom is -0.541 e. The standard InChI is InChI=1S/C48H47B3ClN6O15S2/c1-27-53-36(24-74-27)39(55-73-38(47(63)71-49)19-51-70-26-59)43(60)54-40-45(62)57-41(48(64)72-50)31(25-75(65)46(40)57)21-58-15-4-5-32(58)20-56(14-16-58)44(61)30-17-35(52)42(69-23-29-8-12-34(67-3)13-9-29)37(18-30)68-22-28-6-10-33(66-2)11-7-28/h6-13,17-18,24,26,32,38,40,46H,4-5,14-16,19-23,25H2,1-3H3/p+1/b55-39-/t32-,38-,40+,46+,58?,75?/m0/s1. The van der Waals surface area contributed by atoms with Crippen molar-refractivity contribution in [2.24, 2.45) is 5.16 Å². The molecule has 4 aliphatic rings. The normalized spacial score (nSPS) is 21.3. The topological polar surface area (TPSA) is 237 Å². The molecular weight excluding hydrogens is 1030 g/mol. The van der Waals surface area contributed by atoms with Crippen LogP contribution in [0.3, 0.4) is 0 Å². The van der Waals surface area contributed by atoms with Gasteiger partial charge in [-0.3, -0.25) is 28.3 Å². The number of quaternary nitrogens is 1. The Balaban J connectivity index is 0.988. The van der Waals surface area contributed by atoms with Crippen LogP contribution in [0.1, 0.15) is 45.0 Å². The fourth-order valence-electron chi connectivity index (χ4n) is 9.52. The number of aromatic nitrogens is 1. The molecule has 1 aromatic heterocycles. The van der Waals surface area contributed by atoms with Gasteiger partial charge in [0, 0.05) is 35.7 Å². The number of nitrogens with zero attached hydrogens (tertiary/aromatic N) is 5. The van der Waals surface area contributed by atoms with Crippen LogP contribution in [0.15, 0.2) is 82.5 Å². The molecule has 387 valence electrons. The third-order valence-corrected chi connectivity index (χ3v) is 16.0. The van der Waals surface area contributed by atoms with Gasteiger partial charge in [-0.05, 0) is 54.4 Å². The highest BCUT2D eigenvalue weighted by molar-refractivity contribution is 7.86. The van der Waals surface area contributed by atoms with Crippen LogP contribution in [0.25, 0.3) is 0 Å². The molecule has 0 bridgehead atoms. The largest absolute Gasteiger partial charge is 0.541 e. The highest BCUT2D eigenvalue weighted by atomic mass is 35.5. The van der Waals surface area contributed by atoms with Gasteiger partial charge < -0.3 is 52.4 Å². The summed E-state index contributed by atoms with van der Waals surface area (Å²) < 4.78 is 51.3. The van der Waals surface area contributed by atoms with Crippen LogP contribution in [-0.2, 0) is 66.8 Å². The molecule has 4 aromatic rings. The zero-order chi connectivity index (χ0) is 53.4. The number of carbonyl (C=O) groups excluding carboxylic acids is 6. The van der Waals surface area contributed by atoms with Crippen LogP contribution in [-0.4, -0.2) is 165 Å². The molecule has 1 N–H and O–H groups in total. The lowest BCUT2D eigenvalue weighted by Gasteiger charge is -2.51. The Bertz CT molecular complexity index is 2920. The number of halogens is 1. The summed E-state index contributed by atoms with van der Waals surface area (Å²) in [5.74, 6) is -2.47. The summed E-state index contributed by atoms with van der Waals surface area (Å²) in [6, 6.07) is 16.4. The maximum atomic E-state index is 14.5. The van der Waals surface area contributed by atoms with E-state index in [0.29, 0.717) is 52.7 Å². The van der Waals surface area contributed by atoms with Crippen molar-refractivity contribution in [2.45, 2.75) is 62.9 Å². The van der Waals surface area contributed by atoms with Gasteiger partial charge in [0.25, 0.3) is 24.2 Å². The number of thiazole rings is 1. The molecule has 3 amide bonds. The highest BCUT2D eigenvalue weighted by Gasteiger charge is 2.59. The number of carbonyl (C=O) groups is 6. The Labute approximate surface area is 445 Å². The lowest BCUT2D eigenvalue weighted by Crippen LogP contribution is -2.74. The van der Waals surface area contributed by atoms with Gasteiger partial charge in [0.05, 0.1) is 67.0 Å². The van der Waals surface area contributed by atoms with Crippen LogP contribution >= 0.6 is 22.9 Å². The minimum atomic E-state index is -1.88. The second kappa shape index (κ2) is 24.2. The summed E-state index contributed by atoms with van der Waals surface area (Å²) in [5.41, 5.74) is 1.71. The lowest BCUT2D eigenvalue weighted by molar-refractivity contribution is -0.938. The summed E-state index contributed by atoms with van der Waals surface area (Å²) in [5, 5.41) is 7.35. The van der Waals surface area contributed by atoms with Gasteiger partial charge in [0.1, 0.15) is 60.1 Å². The van der Waals surface area contributed by atoms with E-state index in [1.807, 2.05) is 48.5 Å². The number of methoxy groups -OCH3 is 2. The Kier molecular flexibility index (Phi) is 17.5. The first-order valence-corrected chi connectivity index (χ1v) is 26.0. The Hall–Kier alpha value is -6.89. The highest BCUT2D eigenvalue weighted by Crippen LogP contribution is 2.41. The second-order valence-corrected chi connectivity index (χ2v) is 20.7. The third kappa shape index (κ3) is 12.0. The quantitative estimate of drug-likeness (QED) is 0.0227. The van der Waals surface area contributed by atoms with E-state index in [9.17, 15) is 33.0 Å². The van der Waals surface area contributed by atoms with Crippen molar-refractivity contribution in [1.82, 2.24) is 20.1 Å². The van der Waals surface area contributed by atoms with E-state index in [4.69, 9.17) is 56.1 Å². The summed E-state index contributed by atoms with van der Waals surface area (Å²) >= 11 is 8.08. The summed E-state index contributed by atoms with van der Waals surface area (Å²) in [6.45, 7) is 4.04. The zero-order valence-electron chi connectivity index (χ0n) is 40.8. The molecule has 3 aromatic carbocycles. The predicted octanol–water partition coefficient (Wildman–Crippen LogP) is 2.64. The molecule has 8 rings (SSSR count). The number of β-lactam (4-membered cyclic amide) rings is 1. The lowest BCUT2D eigenvalue weighted by atomic mass is 9.91. The van der Waals surface area contributed by atoms with Crippen molar-refractivity contribution < 1.29 is 75.2 Å². The first-order chi connectivity index (χ1) is 36.2. The molecule has 75 heavy (non-hydrogen) atoms. The number of oxime groups is 1. The van der Waals surface area contributed by atoms with Gasteiger partial charge in [-0.2, -0.15) is 0 Å². The maximum absolute atomic E-state index is 14.5. The molecule has 0 saturated carbocycles. The second-order valence-electron chi connectivity index (χ2n) is 17.7. The third-order valence-electron chi connectivity index (χ3n) is 13.3. The van der Waals surface area contributed by atoms with Crippen molar-refractivity contribution >= 4 is 99.2 Å². The number of hydrogen-bond donors (Lipinski definition) is 1. The summed E-state index contributed by atoms with van der Waals surface area (Å²) in [4.78, 5) is 91.3. The van der Waals surface area contributed by atoms with Crippen molar-refractivity contribution in [3.63, 3.8) is 0 Å². The van der Waals surface area contributed by atoms with Crippen LogP contribution in [0.5, 0.6) is 23.0 Å². The first-order valence-electron chi connectivity index (χ1n) is 23.3. The van der Waals surface area contributed by atoms with E-state index < -0.39 is 57.8 Å². The number of piperazine rings is 1. The molecular formula is C48H48B3ClN6O15S2+. The molecule has 0 spiro atoms. The van der Waals surface area contributed by atoms with Crippen molar-refractivity contribution in [3.8, 4) is 23.0 Å². The van der Waals surface area contributed by atoms with E-state index in [2.05, 4.69) is 24.8 Å². The fourth-order valence-corrected chi connectivity index (χ4v) is 12.1. The van der Waals surface area contributed by atoms with E-state index in [1.54, 1.807) is 38.2 Å². The molecule has 27 heteroatoms. The summed E-state index contributed by atoms with van der Waals surface area (Å²) in [6.07, 6.45) is -0.415. The molecule has 6 atom stereocenters. The van der Waals surface area contributed by atoms with Crippen LogP contribution in [0.4, 0.5) is 0 Å². The first kappa shape index (κ1) is 54.4. The molecule has 5 heterocycles. The molecule has 3 saturated heterocycles. The average Bonchev–Trinajstić information content (AvgIpc) is 4.06. The number of amides is 3. The number of benzene rings is 3. The van der Waals surface area contributed by atoms with Crippen molar-refractivity contribution in [1.29, 1.82) is 0 Å². The van der Waals surface area contributed by atoms with Gasteiger partial charge in [0.2, 0.25) is 6.10 Å². The monoisotopic (exact) mass is 1080 g/mol. The number of rotatable bonds is 22. The number of nitrogens with one attached hydrogen (secondary N) is 1. The number of fused-ring (bicyclic) bond motifs is 2. The van der Waals surface area contributed by atoms with Crippen LogP contribution in [0.2, 0.25) is 11.3 Å². The predicted molar refractivity (Wildman–Crippen MR) is 272 cm³/mol. The molecule has 4 aliphatic heterocycles. The molecule has 3 fully saturated rings. The van der Waals surface area contributed by atoms with E-state index in [-0.39, 0.29) is 83.7 Å². The van der Waals surface area contributed by atoms with Gasteiger partial charge >= 0.3 is 35.5 Å². The molecule has 5 radical (unpaired) electrons. The van der Waals surface area contributed by atoms with E-state index in [0.717, 1.165) is 47.7 Å². The Morgan fingerprint density at radius 1 is 1.01 bits per heavy atom. The maximum Gasteiger partial charge on any atom is 0.378 e.